The van der Waals surface area contributed by atoms with Crippen LogP contribution in [0.4, 0.5) is 79.6 Å². The number of ether oxygens (including phenoxy) is 4. The zero-order valence-electron chi connectivity index (χ0n) is 69.0. The van der Waals surface area contributed by atoms with Crippen LogP contribution in [-0.2, 0) is 91.3 Å². The maximum atomic E-state index is 6.15. The number of imidazole rings is 1. The molecule has 123 heavy (non-hydrogen) atoms. The number of benzene rings is 12. The third kappa shape index (κ3) is 19.8. The van der Waals surface area contributed by atoms with Gasteiger partial charge in [-0.05, 0) is 148 Å². The van der Waals surface area contributed by atoms with Gasteiger partial charge in [-0.1, -0.05) is 54.6 Å². The molecule has 0 saturated heterocycles. The third-order valence-electron chi connectivity index (χ3n) is 20.5. The number of anilines is 14. The van der Waals surface area contributed by atoms with Crippen LogP contribution in [0, 0.1) is 102 Å². The van der Waals surface area contributed by atoms with Gasteiger partial charge in [0, 0.05) is 164 Å². The molecule has 24 heteroatoms. The summed E-state index contributed by atoms with van der Waals surface area (Å²) in [6.07, 6.45) is 7.66. The zero-order chi connectivity index (χ0) is 81.8. The first kappa shape index (κ1) is 88.9. The van der Waals surface area contributed by atoms with Gasteiger partial charge in [-0.15, -0.1) is 185 Å². The Morgan fingerprint density at radius 1 is 0.301 bits per heavy atom. The van der Waals surface area contributed by atoms with Crippen molar-refractivity contribution in [3.63, 3.8) is 0 Å². The van der Waals surface area contributed by atoms with Crippen LogP contribution in [0.5, 0.6) is 46.0 Å². The van der Waals surface area contributed by atoms with E-state index in [1.54, 1.807) is 6.20 Å². The molecular weight excluding hydrogens is 2260 g/mol. The molecule has 0 unspecified atom stereocenters. The van der Waals surface area contributed by atoms with Crippen molar-refractivity contribution < 1.29 is 103 Å². The van der Waals surface area contributed by atoms with Crippen LogP contribution >= 0.6 is 0 Å². The van der Waals surface area contributed by atoms with E-state index >= 15 is 0 Å². The Balaban J connectivity index is 0.000000140. The van der Waals surface area contributed by atoms with E-state index in [1.807, 2.05) is 314 Å². The molecule has 6 aliphatic heterocycles. The molecule has 0 atom stereocenters. The van der Waals surface area contributed by atoms with Crippen LogP contribution in [0.2, 0.25) is 0 Å². The summed E-state index contributed by atoms with van der Waals surface area (Å²) >= 11 is 0. The first-order chi connectivity index (χ1) is 57.9. The Morgan fingerprint density at radius 3 is 0.927 bits per heavy atom. The molecule has 630 valence electrons. The predicted octanol–water partition coefficient (Wildman–Crippen LogP) is 21.8. The second-order valence-electron chi connectivity index (χ2n) is 28.9. The summed E-state index contributed by atoms with van der Waals surface area (Å²) in [5, 5.41) is 4.53. The molecule has 0 bridgehead atoms. The summed E-state index contributed by atoms with van der Waals surface area (Å²) in [5.74, 6) is 5.97. The van der Waals surface area contributed by atoms with Crippen molar-refractivity contribution in [2.24, 2.45) is 7.05 Å². The first-order valence-corrected chi connectivity index (χ1v) is 38.8. The standard InChI is InChI=1S/C26H24N4O.C25H21N4O.C24H20N4O.C24H19N4O.4Pt/c1-19-20(2)29(17-27(19)3)21-9-7-11-23(15-21)31-24-12-8-10-22(16-24)30-18-28(4)25-13-5-6-14-26(25)30;1-18-14-19(2)29(26-18)21-9-7-11-23(16-21)30-22-10-6-8-20(15-22)28-17-27(3)24-12-4-5-13-25(24)28;1-25-13-14-27(17-25)19-7-5-9-21(15-19)29-22-10-6-8-20(16-22)28-18-26(2)23-11-3-4-12-24(23)28;1-26-14-13-25-24(26)18-7-5-9-20(15-18)29-21-10-6-8-19(16-21)28-17-27(2)22-11-3-4-12-23(22)28;;;;/h5-14,17-18H,1-4H3;4-14,17H,1-3H3;3-14,17-18H,1-2H3;3-14,17H,1-2H3;;;;/q-4;-3;-4;-3;;;2*+4. The minimum absolute atomic E-state index is 0. The van der Waals surface area contributed by atoms with E-state index in [9.17, 15) is 0 Å². The van der Waals surface area contributed by atoms with Crippen molar-refractivity contribution in [1.82, 2.24) is 29.1 Å². The molecule has 0 saturated carbocycles. The zero-order valence-corrected chi connectivity index (χ0v) is 78.1. The Kier molecular flexibility index (Phi) is 28.5. The second kappa shape index (κ2) is 39.5. The molecule has 0 N–H and O–H groups in total. The number of aromatic nitrogens is 4. The van der Waals surface area contributed by atoms with E-state index in [1.165, 1.54) is 11.4 Å². The van der Waals surface area contributed by atoms with Crippen LogP contribution in [0.25, 0.3) is 17.1 Å². The number of aryl methyl sites for hydroxylation is 3. The van der Waals surface area contributed by atoms with Gasteiger partial charge >= 0.3 is 42.1 Å². The summed E-state index contributed by atoms with van der Waals surface area (Å²) < 4.78 is 28.2. The Labute approximate surface area is 779 Å². The largest absolute Gasteiger partial charge is 4.00 e. The van der Waals surface area contributed by atoms with Gasteiger partial charge in [-0.2, -0.15) is 87.6 Å². The molecular formula is C99H84N16O4Pt4-6. The minimum atomic E-state index is 0. The van der Waals surface area contributed by atoms with Crippen molar-refractivity contribution in [1.29, 1.82) is 0 Å². The Bertz CT molecular complexity index is 6080. The van der Waals surface area contributed by atoms with E-state index < -0.39 is 0 Å². The molecule has 8 heterocycles. The van der Waals surface area contributed by atoms with Crippen LogP contribution < -0.4 is 67.9 Å². The Hall–Kier alpha value is -11.9. The van der Waals surface area contributed by atoms with Crippen molar-refractivity contribution in [3.05, 3.63) is 385 Å². The molecule has 20 rings (SSSR count). The SMILES string of the molecule is CC1=C(C)N(c2[c-]c(Oc3[c-]c(N4[CH-]N(C)c5ccccc54)ccc3)ccc2)[CH-]N1C.CN1C=CN(c2[c-]c(Oc3[c-]c(N4[CH-]N(C)c5ccccc54)ccc3)ccc2)[CH-]1.CN1[CH-]N(c2[c-]c(Oc3[c-]c(-c4nccn4C)ccc3)ccc2)c2ccccc21.Cc1cc(C)n(-c2[c-]c(Oc3[c-]c(N4[CH-]N(C)c5ccccc54)ccc3)ccc2)n1.[Pt+4].[Pt+4].[Pt].[Pt]. The van der Waals surface area contributed by atoms with Gasteiger partial charge in [0.25, 0.3) is 0 Å². The summed E-state index contributed by atoms with van der Waals surface area (Å²) in [5.41, 5.74) is 20.8. The summed E-state index contributed by atoms with van der Waals surface area (Å²) in [6, 6.07) is 109. The molecule has 20 nitrogen and oxygen atoms in total. The van der Waals surface area contributed by atoms with Crippen LogP contribution in [-0.4, -0.2) is 71.4 Å². The number of fused-ring (bicyclic) bond motifs is 4. The fourth-order valence-corrected chi connectivity index (χ4v) is 14.5. The van der Waals surface area contributed by atoms with Gasteiger partial charge in [-0.25, -0.2) is 0 Å². The minimum Gasteiger partial charge on any atom is -0.510 e. The van der Waals surface area contributed by atoms with Gasteiger partial charge < -0.3 is 82.3 Å². The molecule has 0 spiro atoms. The van der Waals surface area contributed by atoms with Gasteiger partial charge in [0.1, 0.15) is 0 Å². The van der Waals surface area contributed by atoms with Gasteiger partial charge in [0.2, 0.25) is 0 Å². The maximum Gasteiger partial charge on any atom is 4.00 e. The fraction of sp³-hybridized carbons (Fsp3) is 0.111. The van der Waals surface area contributed by atoms with Crippen molar-refractivity contribution in [2.75, 3.05) is 91.3 Å². The number of para-hydroxylation sites is 8. The van der Waals surface area contributed by atoms with Crippen LogP contribution in [0.3, 0.4) is 0 Å². The molecule has 0 radical (unpaired) electrons. The number of nitrogens with zero attached hydrogens (tertiary/aromatic N) is 16. The smallest absolute Gasteiger partial charge is 0.510 e. The van der Waals surface area contributed by atoms with Crippen molar-refractivity contribution >= 4 is 79.6 Å². The summed E-state index contributed by atoms with van der Waals surface area (Å²) in [7, 11) is 14.2. The average molecular weight is 2340 g/mol. The molecule has 12 aromatic carbocycles. The van der Waals surface area contributed by atoms with Crippen molar-refractivity contribution in [2.45, 2.75) is 27.7 Å². The number of allylic oxidation sites excluding steroid dienone is 2. The number of rotatable bonds is 16. The molecule has 2 aromatic heterocycles. The van der Waals surface area contributed by atoms with E-state index in [4.69, 9.17) is 18.9 Å². The molecule has 0 aliphatic carbocycles. The van der Waals surface area contributed by atoms with Gasteiger partial charge in [0.05, 0.1) is 11.5 Å². The number of hydrogen-bond donors (Lipinski definition) is 0. The summed E-state index contributed by atoms with van der Waals surface area (Å²) in [4.78, 5) is 29.4. The van der Waals surface area contributed by atoms with E-state index in [-0.39, 0.29) is 84.3 Å². The van der Waals surface area contributed by atoms with Crippen molar-refractivity contribution in [3.8, 4) is 63.1 Å². The monoisotopic (exact) mass is 2340 g/mol. The molecule has 0 fully saturated rings. The normalized spacial score (nSPS) is 13.7. The van der Waals surface area contributed by atoms with Gasteiger partial charge in [0.15, 0.2) is 0 Å². The van der Waals surface area contributed by atoms with Gasteiger partial charge in [-0.3, -0.25) is 9.67 Å². The predicted molar refractivity (Wildman–Crippen MR) is 473 cm³/mol. The quantitative estimate of drug-likeness (QED) is 0.0855. The number of hydrogen-bond acceptors (Lipinski definition) is 18. The molecule has 14 aromatic rings. The fourth-order valence-electron chi connectivity index (χ4n) is 14.5. The average Bonchev–Trinajstić information content (AvgIpc) is 1.64. The van der Waals surface area contributed by atoms with E-state index in [0.717, 1.165) is 108 Å². The summed E-state index contributed by atoms with van der Waals surface area (Å²) in [6.45, 7) is 20.5. The Morgan fingerprint density at radius 2 is 0.610 bits per heavy atom. The van der Waals surface area contributed by atoms with E-state index in [2.05, 4.69) is 197 Å². The topological polar surface area (TPSA) is 111 Å². The van der Waals surface area contributed by atoms with Crippen LogP contribution in [0.1, 0.15) is 25.2 Å². The van der Waals surface area contributed by atoms with E-state index in [0.29, 0.717) is 46.0 Å². The van der Waals surface area contributed by atoms with Crippen LogP contribution in [0.15, 0.2) is 285 Å². The molecule has 6 aliphatic rings. The first-order valence-electron chi connectivity index (χ1n) is 38.8. The molecule has 0 amide bonds. The third-order valence-corrected chi connectivity index (χ3v) is 20.5. The second-order valence-corrected chi connectivity index (χ2v) is 28.9. The maximum absolute atomic E-state index is 6.15.